The third kappa shape index (κ3) is 5.73. The maximum Gasteiger partial charge on any atom is 0.129 e. The minimum Gasteiger partial charge on any atom is -0.253 e. The second kappa shape index (κ2) is 9.12. The fourth-order valence-electron chi connectivity index (χ4n) is 4.25. The normalized spacial score (nSPS) is 11.7. The van der Waals surface area contributed by atoms with Gasteiger partial charge in [0.15, 0.2) is 0 Å². The summed E-state index contributed by atoms with van der Waals surface area (Å²) in [5.41, 5.74) is 16.6. The standard InChI is InChI=1S/C31H34N2Si2/c1-21-16-22(2)28(23(3)17-21)29-27(13-15-35(7,8)9)19-26-11-10-25-18-24(12-14-34(4,5)6)20-32-30(25)31(26)33-29/h10-11,16-20H,1-9H3. The maximum absolute atomic E-state index is 5.26. The summed E-state index contributed by atoms with van der Waals surface area (Å²) in [6.45, 7) is 20.1. The summed E-state index contributed by atoms with van der Waals surface area (Å²) in [5, 5.41) is 2.13. The lowest BCUT2D eigenvalue weighted by molar-refractivity contribution is 1.28. The van der Waals surface area contributed by atoms with Crippen molar-refractivity contribution < 1.29 is 0 Å². The molecule has 0 fully saturated rings. The predicted molar refractivity (Wildman–Crippen MR) is 157 cm³/mol. The highest BCUT2D eigenvalue weighted by molar-refractivity contribution is 6.84. The van der Waals surface area contributed by atoms with Crippen molar-refractivity contribution in [2.45, 2.75) is 60.1 Å². The Balaban J connectivity index is 2.01. The molecule has 2 aromatic carbocycles. The predicted octanol–water partition coefficient (Wildman–Crippen LogP) is 7.83. The summed E-state index contributed by atoms with van der Waals surface area (Å²) >= 11 is 0. The van der Waals surface area contributed by atoms with E-state index >= 15 is 0 Å². The topological polar surface area (TPSA) is 25.8 Å². The molecule has 4 aromatic rings. The molecule has 2 aromatic heterocycles. The smallest absolute Gasteiger partial charge is 0.129 e. The summed E-state index contributed by atoms with van der Waals surface area (Å²) in [6.07, 6.45) is 1.89. The molecule has 0 saturated carbocycles. The van der Waals surface area contributed by atoms with Crippen molar-refractivity contribution >= 4 is 38.0 Å². The number of hydrogen-bond acceptors (Lipinski definition) is 2. The average molecular weight is 491 g/mol. The van der Waals surface area contributed by atoms with Gasteiger partial charge in [0.25, 0.3) is 0 Å². The zero-order valence-electron chi connectivity index (χ0n) is 22.4. The third-order valence-corrected chi connectivity index (χ3v) is 7.45. The molecular formula is C31H34N2Si2. The van der Waals surface area contributed by atoms with Crippen molar-refractivity contribution in [2.75, 3.05) is 0 Å². The fourth-order valence-corrected chi connectivity index (χ4v) is 5.28. The molecule has 0 spiro atoms. The van der Waals surface area contributed by atoms with E-state index in [9.17, 15) is 0 Å². The van der Waals surface area contributed by atoms with Gasteiger partial charge < -0.3 is 0 Å². The van der Waals surface area contributed by atoms with Crippen LogP contribution in [0.5, 0.6) is 0 Å². The summed E-state index contributed by atoms with van der Waals surface area (Å²) in [6, 6.07) is 13.1. The Kier molecular flexibility index (Phi) is 6.49. The van der Waals surface area contributed by atoms with Gasteiger partial charge in [0, 0.05) is 28.1 Å². The first-order chi connectivity index (χ1) is 16.3. The molecule has 0 aliphatic heterocycles. The van der Waals surface area contributed by atoms with Crippen LogP contribution in [0, 0.1) is 43.7 Å². The van der Waals surface area contributed by atoms with Crippen LogP contribution < -0.4 is 0 Å². The number of hydrogen-bond donors (Lipinski definition) is 0. The molecule has 4 heteroatoms. The minimum atomic E-state index is -1.55. The lowest BCUT2D eigenvalue weighted by Gasteiger charge is -2.15. The van der Waals surface area contributed by atoms with E-state index in [1.807, 2.05) is 6.20 Å². The number of rotatable bonds is 1. The number of pyridine rings is 2. The lowest BCUT2D eigenvalue weighted by atomic mass is 9.93. The highest BCUT2D eigenvalue weighted by Crippen LogP contribution is 2.33. The zero-order chi connectivity index (χ0) is 25.5. The molecule has 0 atom stereocenters. The Bertz CT molecular complexity index is 1570. The van der Waals surface area contributed by atoms with E-state index in [0.29, 0.717) is 0 Å². The van der Waals surface area contributed by atoms with Crippen LogP contribution >= 0.6 is 0 Å². The molecule has 0 bridgehead atoms. The highest BCUT2D eigenvalue weighted by atomic mass is 28.3. The first kappa shape index (κ1) is 24.9. The Morgan fingerprint density at radius 1 is 0.686 bits per heavy atom. The maximum atomic E-state index is 5.26. The quantitative estimate of drug-likeness (QED) is 0.154. The van der Waals surface area contributed by atoms with Crippen molar-refractivity contribution in [1.29, 1.82) is 0 Å². The van der Waals surface area contributed by atoms with Crippen LogP contribution in [0.3, 0.4) is 0 Å². The third-order valence-electron chi connectivity index (χ3n) is 5.70. The van der Waals surface area contributed by atoms with Crippen LogP contribution in [-0.2, 0) is 0 Å². The molecule has 0 radical (unpaired) electrons. The van der Waals surface area contributed by atoms with Gasteiger partial charge in [-0.05, 0) is 44.0 Å². The van der Waals surface area contributed by atoms with Gasteiger partial charge in [0.05, 0.1) is 22.3 Å². The average Bonchev–Trinajstić information content (AvgIpc) is 2.74. The van der Waals surface area contributed by atoms with Gasteiger partial charge in [0.2, 0.25) is 0 Å². The zero-order valence-corrected chi connectivity index (χ0v) is 24.4. The largest absolute Gasteiger partial charge is 0.253 e. The monoisotopic (exact) mass is 490 g/mol. The van der Waals surface area contributed by atoms with Crippen molar-refractivity contribution in [2.24, 2.45) is 0 Å². The SMILES string of the molecule is Cc1cc(C)c(-c2nc3c(ccc4cc(C#C[Si](C)(C)C)cnc43)cc2C#C[Si](C)(C)C)c(C)c1. The van der Waals surface area contributed by atoms with Gasteiger partial charge in [0.1, 0.15) is 16.1 Å². The van der Waals surface area contributed by atoms with Crippen LogP contribution in [-0.4, -0.2) is 26.1 Å². The van der Waals surface area contributed by atoms with Crippen molar-refractivity contribution in [3.63, 3.8) is 0 Å². The minimum absolute atomic E-state index is 0.912. The van der Waals surface area contributed by atoms with E-state index in [4.69, 9.17) is 9.97 Å². The van der Waals surface area contributed by atoms with Gasteiger partial charge in [-0.15, -0.1) is 11.1 Å². The van der Waals surface area contributed by atoms with Crippen LogP contribution in [0.2, 0.25) is 39.3 Å². The van der Waals surface area contributed by atoms with Crippen molar-refractivity contribution in [3.05, 3.63) is 70.4 Å². The van der Waals surface area contributed by atoms with Gasteiger partial charge in [-0.25, -0.2) is 4.98 Å². The van der Waals surface area contributed by atoms with Crippen molar-refractivity contribution in [3.8, 4) is 34.2 Å². The van der Waals surface area contributed by atoms with E-state index in [1.54, 1.807) is 0 Å². The summed E-state index contributed by atoms with van der Waals surface area (Å²) in [4.78, 5) is 10.1. The molecule has 0 saturated heterocycles. The summed E-state index contributed by atoms with van der Waals surface area (Å²) in [7, 11) is -3.00. The second-order valence-electron chi connectivity index (χ2n) is 11.6. The Labute approximate surface area is 212 Å². The molecule has 2 heterocycles. The lowest BCUT2D eigenvalue weighted by Crippen LogP contribution is -2.16. The van der Waals surface area contributed by atoms with Crippen LogP contribution in [0.15, 0.2) is 42.6 Å². The summed E-state index contributed by atoms with van der Waals surface area (Å²) < 4.78 is 0. The number of aromatic nitrogens is 2. The van der Waals surface area contributed by atoms with Gasteiger partial charge in [-0.3, -0.25) is 4.98 Å². The van der Waals surface area contributed by atoms with Gasteiger partial charge >= 0.3 is 0 Å². The molecule has 0 unspecified atom stereocenters. The molecule has 0 N–H and O–H groups in total. The van der Waals surface area contributed by atoms with E-state index in [0.717, 1.165) is 38.6 Å². The van der Waals surface area contributed by atoms with Crippen LogP contribution in [0.4, 0.5) is 0 Å². The van der Waals surface area contributed by atoms with Crippen LogP contribution in [0.1, 0.15) is 27.8 Å². The van der Waals surface area contributed by atoms with E-state index in [1.165, 1.54) is 22.3 Å². The van der Waals surface area contributed by atoms with Gasteiger partial charge in [-0.1, -0.05) is 81.0 Å². The Hall–Kier alpha value is -3.19. The number of aryl methyl sites for hydroxylation is 3. The molecule has 4 rings (SSSR count). The molecule has 0 aliphatic rings. The van der Waals surface area contributed by atoms with Crippen LogP contribution in [0.25, 0.3) is 33.1 Å². The van der Waals surface area contributed by atoms with E-state index in [2.05, 4.69) is 119 Å². The highest BCUT2D eigenvalue weighted by Gasteiger charge is 2.16. The molecular weight excluding hydrogens is 457 g/mol. The summed E-state index contributed by atoms with van der Waals surface area (Å²) in [5.74, 6) is 6.85. The second-order valence-corrected chi connectivity index (χ2v) is 21.1. The first-order valence-corrected chi connectivity index (χ1v) is 19.2. The molecule has 0 amide bonds. The fraction of sp³-hybridized carbons (Fsp3) is 0.290. The van der Waals surface area contributed by atoms with Gasteiger partial charge in [-0.2, -0.15) is 0 Å². The van der Waals surface area contributed by atoms with E-state index < -0.39 is 16.1 Å². The Morgan fingerprint density at radius 2 is 1.26 bits per heavy atom. The number of nitrogens with zero attached hydrogens (tertiary/aromatic N) is 2. The Morgan fingerprint density at radius 3 is 1.86 bits per heavy atom. The first-order valence-electron chi connectivity index (χ1n) is 12.2. The number of fused-ring (bicyclic) bond motifs is 3. The van der Waals surface area contributed by atoms with Crippen molar-refractivity contribution in [1.82, 2.24) is 9.97 Å². The number of benzene rings is 2. The molecule has 176 valence electrons. The van der Waals surface area contributed by atoms with E-state index in [-0.39, 0.29) is 0 Å². The molecule has 2 nitrogen and oxygen atoms in total. The molecule has 0 aliphatic carbocycles. The molecule has 35 heavy (non-hydrogen) atoms.